The molecule has 0 amide bonds. The lowest BCUT2D eigenvalue weighted by atomic mass is 9.88. The van der Waals surface area contributed by atoms with Crippen LogP contribution in [0.1, 0.15) is 50.9 Å². The number of nitrogen functional groups attached to an aromatic ring is 1. The van der Waals surface area contributed by atoms with Crippen LogP contribution >= 0.6 is 0 Å². The smallest absolute Gasteiger partial charge is 0.220 e. The van der Waals surface area contributed by atoms with Gasteiger partial charge in [0.05, 0.1) is 5.69 Å². The van der Waals surface area contributed by atoms with Crippen LogP contribution in [0.25, 0.3) is 11.3 Å². The summed E-state index contributed by atoms with van der Waals surface area (Å²) in [6.45, 7) is 10.3. The second-order valence-electron chi connectivity index (χ2n) is 4.86. The highest BCUT2D eigenvalue weighted by Gasteiger charge is 2.19. The molecule has 3 nitrogen and oxygen atoms in total. The molecule has 1 heterocycles. The van der Waals surface area contributed by atoms with Crippen molar-refractivity contribution in [3.05, 3.63) is 41.1 Å². The van der Waals surface area contributed by atoms with Crippen molar-refractivity contribution in [3.63, 3.8) is 0 Å². The van der Waals surface area contributed by atoms with Gasteiger partial charge in [0.2, 0.25) is 5.95 Å². The Hall–Kier alpha value is -1.90. The topological polar surface area (TPSA) is 51.8 Å². The predicted octanol–water partition coefficient (Wildman–Crippen LogP) is 4.58. The van der Waals surface area contributed by atoms with Crippen molar-refractivity contribution in [3.8, 4) is 11.3 Å². The molecule has 3 rings (SSSR count). The molecular weight excluding hydrogens is 258 g/mol. The van der Waals surface area contributed by atoms with Crippen molar-refractivity contribution in [2.75, 3.05) is 5.73 Å². The van der Waals surface area contributed by atoms with Crippen LogP contribution in [-0.2, 0) is 12.8 Å². The number of fused-ring (bicyclic) bond motifs is 3. The van der Waals surface area contributed by atoms with Gasteiger partial charge in [-0.15, -0.1) is 0 Å². The summed E-state index contributed by atoms with van der Waals surface area (Å²) in [5.74, 6) is 0.368. The number of aromatic nitrogens is 2. The first kappa shape index (κ1) is 17.2. The quantitative estimate of drug-likeness (QED) is 0.771. The third-order valence-corrected chi connectivity index (χ3v) is 3.15. The van der Waals surface area contributed by atoms with E-state index in [0.29, 0.717) is 5.95 Å². The third-order valence-electron chi connectivity index (χ3n) is 3.15. The SMILES string of the molecule is CC.CCC.Cc1nc(N)nc2c1CCc1ccccc1-2. The molecule has 0 fully saturated rings. The van der Waals surface area contributed by atoms with Gasteiger partial charge >= 0.3 is 0 Å². The van der Waals surface area contributed by atoms with Crippen LogP contribution in [-0.4, -0.2) is 9.97 Å². The number of nitrogens with zero attached hydrogens (tertiary/aromatic N) is 2. The molecule has 2 N–H and O–H groups in total. The van der Waals surface area contributed by atoms with Crippen molar-refractivity contribution in [2.45, 2.75) is 53.9 Å². The highest BCUT2D eigenvalue weighted by atomic mass is 15.0. The van der Waals surface area contributed by atoms with Gasteiger partial charge in [0.25, 0.3) is 0 Å². The fourth-order valence-electron chi connectivity index (χ4n) is 2.37. The summed E-state index contributed by atoms with van der Waals surface area (Å²) in [5.41, 5.74) is 11.6. The molecular formula is C18H27N3. The van der Waals surface area contributed by atoms with E-state index in [-0.39, 0.29) is 0 Å². The Balaban J connectivity index is 0.000000395. The zero-order valence-electron chi connectivity index (χ0n) is 13.9. The largest absolute Gasteiger partial charge is 0.368 e. The first-order chi connectivity index (χ1) is 10.2. The minimum atomic E-state index is 0.368. The molecule has 0 atom stereocenters. The third kappa shape index (κ3) is 4.03. The normalized spacial score (nSPS) is 11.1. The van der Waals surface area contributed by atoms with Crippen LogP contribution in [0.5, 0.6) is 0 Å². The molecule has 1 aromatic heterocycles. The molecule has 0 unspecified atom stereocenters. The van der Waals surface area contributed by atoms with E-state index in [2.05, 4.69) is 42.0 Å². The molecule has 1 aliphatic rings. The van der Waals surface area contributed by atoms with Crippen molar-refractivity contribution < 1.29 is 0 Å². The average molecular weight is 285 g/mol. The summed E-state index contributed by atoms with van der Waals surface area (Å²) in [7, 11) is 0. The molecule has 2 aromatic rings. The number of rotatable bonds is 0. The summed E-state index contributed by atoms with van der Waals surface area (Å²) < 4.78 is 0. The minimum absolute atomic E-state index is 0.368. The Bertz CT molecular complexity index is 577. The summed E-state index contributed by atoms with van der Waals surface area (Å²) in [6.07, 6.45) is 3.33. The van der Waals surface area contributed by atoms with E-state index in [1.807, 2.05) is 26.8 Å². The lowest BCUT2D eigenvalue weighted by Crippen LogP contribution is -2.11. The number of anilines is 1. The second-order valence-corrected chi connectivity index (χ2v) is 4.86. The van der Waals surface area contributed by atoms with Crippen LogP contribution in [0, 0.1) is 6.92 Å². The highest BCUT2D eigenvalue weighted by molar-refractivity contribution is 5.70. The first-order valence-corrected chi connectivity index (χ1v) is 7.88. The zero-order chi connectivity index (χ0) is 15.8. The fourth-order valence-corrected chi connectivity index (χ4v) is 2.37. The van der Waals surface area contributed by atoms with Gasteiger partial charge in [-0.1, -0.05) is 58.4 Å². The fraction of sp³-hybridized carbons (Fsp3) is 0.444. The molecule has 114 valence electrons. The van der Waals surface area contributed by atoms with E-state index in [9.17, 15) is 0 Å². The molecule has 0 aliphatic heterocycles. The zero-order valence-corrected chi connectivity index (χ0v) is 13.9. The van der Waals surface area contributed by atoms with Gasteiger partial charge in [0.1, 0.15) is 0 Å². The summed E-state index contributed by atoms with van der Waals surface area (Å²) in [4.78, 5) is 8.61. The Labute approximate surface area is 128 Å². The molecule has 1 aliphatic carbocycles. The van der Waals surface area contributed by atoms with Gasteiger partial charge in [-0.3, -0.25) is 0 Å². The molecule has 0 saturated carbocycles. The van der Waals surface area contributed by atoms with E-state index in [1.54, 1.807) is 0 Å². The van der Waals surface area contributed by atoms with Crippen LogP contribution in [0.4, 0.5) is 5.95 Å². The molecule has 3 heteroatoms. The Morgan fingerprint density at radius 3 is 2.33 bits per heavy atom. The monoisotopic (exact) mass is 285 g/mol. The maximum atomic E-state index is 5.72. The Morgan fingerprint density at radius 1 is 1.05 bits per heavy atom. The number of nitrogens with two attached hydrogens (primary N) is 1. The maximum absolute atomic E-state index is 5.72. The summed E-state index contributed by atoms with van der Waals surface area (Å²) >= 11 is 0. The van der Waals surface area contributed by atoms with E-state index in [1.165, 1.54) is 23.1 Å². The van der Waals surface area contributed by atoms with Crippen molar-refractivity contribution in [2.24, 2.45) is 0 Å². The van der Waals surface area contributed by atoms with Crippen molar-refractivity contribution >= 4 is 5.95 Å². The average Bonchev–Trinajstić information content (AvgIpc) is 2.50. The molecule has 0 bridgehead atoms. The van der Waals surface area contributed by atoms with Gasteiger partial charge in [-0.05, 0) is 25.3 Å². The van der Waals surface area contributed by atoms with Gasteiger partial charge in [-0.2, -0.15) is 0 Å². The van der Waals surface area contributed by atoms with Crippen molar-refractivity contribution in [1.82, 2.24) is 9.97 Å². The molecule has 0 spiro atoms. The van der Waals surface area contributed by atoms with Gasteiger partial charge in [0.15, 0.2) is 0 Å². The van der Waals surface area contributed by atoms with Crippen LogP contribution in [0.3, 0.4) is 0 Å². The minimum Gasteiger partial charge on any atom is -0.368 e. The molecule has 0 saturated heterocycles. The number of hydrogen-bond donors (Lipinski definition) is 1. The maximum Gasteiger partial charge on any atom is 0.220 e. The van der Waals surface area contributed by atoms with Gasteiger partial charge in [-0.25, -0.2) is 9.97 Å². The van der Waals surface area contributed by atoms with Crippen LogP contribution in [0.15, 0.2) is 24.3 Å². The van der Waals surface area contributed by atoms with E-state index < -0.39 is 0 Å². The summed E-state index contributed by atoms with van der Waals surface area (Å²) in [6, 6.07) is 8.38. The van der Waals surface area contributed by atoms with Crippen molar-refractivity contribution in [1.29, 1.82) is 0 Å². The summed E-state index contributed by atoms with van der Waals surface area (Å²) in [5, 5.41) is 0. The van der Waals surface area contributed by atoms with E-state index in [4.69, 9.17) is 5.73 Å². The predicted molar refractivity (Wildman–Crippen MR) is 91.3 cm³/mol. The van der Waals surface area contributed by atoms with Gasteiger partial charge < -0.3 is 5.73 Å². The first-order valence-electron chi connectivity index (χ1n) is 7.88. The lowest BCUT2D eigenvalue weighted by Gasteiger charge is -2.20. The number of benzene rings is 1. The Morgan fingerprint density at radius 2 is 1.67 bits per heavy atom. The molecule has 21 heavy (non-hydrogen) atoms. The molecule has 1 aromatic carbocycles. The number of hydrogen-bond acceptors (Lipinski definition) is 3. The Kier molecular flexibility index (Phi) is 6.86. The van der Waals surface area contributed by atoms with Gasteiger partial charge in [0, 0.05) is 16.8 Å². The van der Waals surface area contributed by atoms with E-state index in [0.717, 1.165) is 24.2 Å². The lowest BCUT2D eigenvalue weighted by molar-refractivity contribution is 0.894. The molecule has 0 radical (unpaired) electrons. The van der Waals surface area contributed by atoms with Crippen LogP contribution in [0.2, 0.25) is 0 Å². The second kappa shape index (κ2) is 8.40. The number of aryl methyl sites for hydroxylation is 2. The highest BCUT2D eigenvalue weighted by Crippen LogP contribution is 2.33. The van der Waals surface area contributed by atoms with E-state index >= 15 is 0 Å². The standard InChI is InChI=1S/C13H13N3.C3H8.C2H6/c1-8-10-7-6-9-4-2-3-5-11(9)12(10)16-13(14)15-8;1-3-2;1-2/h2-5H,6-7H2,1H3,(H2,14,15,16);3H2,1-2H3;1-2H3. The van der Waals surface area contributed by atoms with Crippen LogP contribution < -0.4 is 5.73 Å².